The second kappa shape index (κ2) is 6.75. The van der Waals surface area contributed by atoms with Crippen LogP contribution in [0.4, 0.5) is 0 Å². The Hall–Kier alpha value is -3.14. The molecular weight excluding hydrogens is 288 g/mol. The maximum Gasteiger partial charge on any atom is 0.343 e. The molecule has 0 saturated heterocycles. The first-order chi connectivity index (χ1) is 11.2. The van der Waals surface area contributed by atoms with Gasteiger partial charge in [0.15, 0.2) is 0 Å². The average Bonchev–Trinajstić information content (AvgIpc) is 3.00. The van der Waals surface area contributed by atoms with Crippen molar-refractivity contribution in [1.29, 1.82) is 0 Å². The largest absolute Gasteiger partial charge is 0.422 e. The zero-order chi connectivity index (χ0) is 16.1. The number of hydrogen-bond acceptors (Lipinski definition) is 3. The zero-order valence-electron chi connectivity index (χ0n) is 12.7. The van der Waals surface area contributed by atoms with Gasteiger partial charge >= 0.3 is 5.97 Å². The minimum atomic E-state index is -0.394. The Balaban J connectivity index is 1.95. The Bertz CT molecular complexity index is 821. The molecule has 0 unspecified atom stereocenters. The van der Waals surface area contributed by atoms with Gasteiger partial charge in [0.25, 0.3) is 0 Å². The zero-order valence-corrected chi connectivity index (χ0v) is 12.7. The molecule has 114 valence electrons. The van der Waals surface area contributed by atoms with Crippen LogP contribution in [-0.2, 0) is 11.8 Å². The molecule has 0 spiro atoms. The van der Waals surface area contributed by atoms with Gasteiger partial charge in [0.1, 0.15) is 11.6 Å². The third kappa shape index (κ3) is 3.55. The van der Waals surface area contributed by atoms with Crippen LogP contribution in [0.25, 0.3) is 11.8 Å². The molecule has 0 saturated carbocycles. The number of esters is 1. The third-order valence-electron chi connectivity index (χ3n) is 3.39. The van der Waals surface area contributed by atoms with Crippen molar-refractivity contribution in [2.45, 2.75) is 0 Å². The third-order valence-corrected chi connectivity index (χ3v) is 3.39. The van der Waals surface area contributed by atoms with Gasteiger partial charge < -0.3 is 9.30 Å². The molecule has 23 heavy (non-hydrogen) atoms. The van der Waals surface area contributed by atoms with Crippen molar-refractivity contribution < 1.29 is 9.53 Å². The molecule has 0 aliphatic heterocycles. The predicted molar refractivity (Wildman–Crippen MR) is 89.4 cm³/mol. The highest BCUT2D eigenvalue weighted by Gasteiger charge is 2.12. The van der Waals surface area contributed by atoms with E-state index in [1.807, 2.05) is 54.2 Å². The summed E-state index contributed by atoms with van der Waals surface area (Å²) in [4.78, 5) is 16.6. The van der Waals surface area contributed by atoms with Crippen molar-refractivity contribution in [3.8, 4) is 0 Å². The minimum Gasteiger partial charge on any atom is -0.422 e. The van der Waals surface area contributed by atoms with Crippen molar-refractivity contribution in [3.63, 3.8) is 0 Å². The highest BCUT2D eigenvalue weighted by atomic mass is 16.5. The van der Waals surface area contributed by atoms with Gasteiger partial charge in [-0.3, -0.25) is 0 Å². The molecule has 3 aromatic rings. The topological polar surface area (TPSA) is 44.1 Å². The lowest BCUT2D eigenvalue weighted by Gasteiger charge is -2.09. The first-order valence-corrected chi connectivity index (χ1v) is 7.26. The number of imidazole rings is 1. The summed E-state index contributed by atoms with van der Waals surface area (Å²) in [6, 6.07) is 18.4. The number of benzene rings is 2. The van der Waals surface area contributed by atoms with E-state index in [4.69, 9.17) is 4.74 Å². The Morgan fingerprint density at radius 2 is 1.61 bits per heavy atom. The van der Waals surface area contributed by atoms with E-state index in [0.29, 0.717) is 17.1 Å². The molecule has 2 aromatic carbocycles. The first-order valence-electron chi connectivity index (χ1n) is 7.26. The quantitative estimate of drug-likeness (QED) is 0.544. The summed E-state index contributed by atoms with van der Waals surface area (Å²) in [6.45, 7) is 0. The molecule has 0 bridgehead atoms. The van der Waals surface area contributed by atoms with E-state index in [-0.39, 0.29) is 0 Å². The summed E-state index contributed by atoms with van der Waals surface area (Å²) in [5.41, 5.74) is 1.33. The first kappa shape index (κ1) is 14.8. The van der Waals surface area contributed by atoms with E-state index in [9.17, 15) is 4.79 Å². The summed E-state index contributed by atoms with van der Waals surface area (Å²) < 4.78 is 7.48. The molecular formula is C19H16N2O2. The lowest BCUT2D eigenvalue weighted by molar-refractivity contribution is 0.0693. The predicted octanol–water partition coefficient (Wildman–Crippen LogP) is 3.78. The van der Waals surface area contributed by atoms with Crippen LogP contribution in [0.15, 0.2) is 73.1 Å². The summed E-state index contributed by atoms with van der Waals surface area (Å²) in [6.07, 6.45) is 5.30. The van der Waals surface area contributed by atoms with Gasteiger partial charge in [0.2, 0.25) is 0 Å². The number of nitrogens with zero attached hydrogens (tertiary/aromatic N) is 2. The fraction of sp³-hybridized carbons (Fsp3) is 0.0526. The van der Waals surface area contributed by atoms with Crippen LogP contribution >= 0.6 is 0 Å². The Morgan fingerprint density at radius 3 is 2.17 bits per heavy atom. The molecule has 1 aromatic heterocycles. The number of hydrogen-bond donors (Lipinski definition) is 0. The standard InChI is InChI=1S/C19H16N2O2/c1-21-13-12-20-18(21)14-17(15-8-4-2-5-9-15)23-19(22)16-10-6-3-7-11-16/h2-14H,1H3. The number of aromatic nitrogens is 2. The molecule has 1 heterocycles. The van der Waals surface area contributed by atoms with Crippen molar-refractivity contribution in [2.24, 2.45) is 7.05 Å². The van der Waals surface area contributed by atoms with E-state index in [1.54, 1.807) is 36.5 Å². The van der Waals surface area contributed by atoms with Crippen LogP contribution in [-0.4, -0.2) is 15.5 Å². The van der Waals surface area contributed by atoms with Crippen molar-refractivity contribution in [1.82, 2.24) is 9.55 Å². The molecule has 4 nitrogen and oxygen atoms in total. The Kier molecular flexibility index (Phi) is 4.34. The maximum absolute atomic E-state index is 12.4. The summed E-state index contributed by atoms with van der Waals surface area (Å²) >= 11 is 0. The van der Waals surface area contributed by atoms with Gasteiger partial charge in [0.05, 0.1) is 5.56 Å². The van der Waals surface area contributed by atoms with Gasteiger partial charge in [0, 0.05) is 31.1 Å². The highest BCUT2D eigenvalue weighted by Crippen LogP contribution is 2.20. The lowest BCUT2D eigenvalue weighted by atomic mass is 10.1. The minimum absolute atomic E-state index is 0.394. The molecule has 0 aliphatic rings. The smallest absolute Gasteiger partial charge is 0.343 e. The summed E-state index contributed by atoms with van der Waals surface area (Å²) in [5.74, 6) is 0.786. The van der Waals surface area contributed by atoms with Crippen molar-refractivity contribution in [2.75, 3.05) is 0 Å². The van der Waals surface area contributed by atoms with Gasteiger partial charge in [-0.2, -0.15) is 0 Å². The Labute approximate surface area is 134 Å². The van der Waals surface area contributed by atoms with Crippen molar-refractivity contribution in [3.05, 3.63) is 90.0 Å². The van der Waals surface area contributed by atoms with E-state index in [2.05, 4.69) is 4.98 Å². The molecule has 0 N–H and O–H groups in total. The molecule has 0 atom stereocenters. The SMILES string of the molecule is Cn1ccnc1C=C(OC(=O)c1ccccc1)c1ccccc1. The van der Waals surface area contributed by atoms with Crippen LogP contribution in [0.3, 0.4) is 0 Å². The number of rotatable bonds is 4. The van der Waals surface area contributed by atoms with Crippen LogP contribution in [0.1, 0.15) is 21.7 Å². The Morgan fingerprint density at radius 1 is 1.00 bits per heavy atom. The van der Waals surface area contributed by atoms with E-state index >= 15 is 0 Å². The molecule has 0 radical (unpaired) electrons. The van der Waals surface area contributed by atoms with Gasteiger partial charge in [-0.05, 0) is 12.1 Å². The highest BCUT2D eigenvalue weighted by molar-refractivity contribution is 5.94. The molecule has 0 aliphatic carbocycles. The summed E-state index contributed by atoms with van der Waals surface area (Å²) in [5, 5.41) is 0. The number of carbonyl (C=O) groups is 1. The lowest BCUT2D eigenvalue weighted by Crippen LogP contribution is -2.05. The van der Waals surface area contributed by atoms with Gasteiger partial charge in [-0.15, -0.1) is 0 Å². The monoisotopic (exact) mass is 304 g/mol. The molecule has 0 fully saturated rings. The van der Waals surface area contributed by atoms with Crippen LogP contribution in [0.2, 0.25) is 0 Å². The van der Waals surface area contributed by atoms with Crippen LogP contribution < -0.4 is 0 Å². The van der Waals surface area contributed by atoms with Crippen molar-refractivity contribution >= 4 is 17.8 Å². The number of aryl methyl sites for hydroxylation is 1. The van der Waals surface area contributed by atoms with Gasteiger partial charge in [-0.25, -0.2) is 9.78 Å². The second-order valence-electron chi connectivity index (χ2n) is 5.03. The summed E-state index contributed by atoms with van der Waals surface area (Å²) in [7, 11) is 1.89. The fourth-order valence-electron chi connectivity index (χ4n) is 2.14. The normalized spacial score (nSPS) is 11.3. The number of carbonyl (C=O) groups excluding carboxylic acids is 1. The van der Waals surface area contributed by atoms with E-state index in [1.165, 1.54) is 0 Å². The van der Waals surface area contributed by atoms with Gasteiger partial charge in [-0.1, -0.05) is 48.5 Å². The van der Waals surface area contributed by atoms with Crippen LogP contribution in [0, 0.1) is 0 Å². The molecule has 4 heteroatoms. The number of ether oxygens (including phenoxy) is 1. The second-order valence-corrected chi connectivity index (χ2v) is 5.03. The molecule has 3 rings (SSSR count). The maximum atomic E-state index is 12.4. The van der Waals surface area contributed by atoms with Crippen LogP contribution in [0.5, 0.6) is 0 Å². The van der Waals surface area contributed by atoms with E-state index < -0.39 is 5.97 Å². The van der Waals surface area contributed by atoms with E-state index in [0.717, 1.165) is 5.56 Å². The molecule has 0 amide bonds. The average molecular weight is 304 g/mol. The fourth-order valence-corrected chi connectivity index (χ4v) is 2.14.